The molecule has 0 aromatic heterocycles. The fourth-order valence-corrected chi connectivity index (χ4v) is 4.53. The fraction of sp³-hybridized carbons (Fsp3) is 0.161. The number of aryl methyl sites for hydroxylation is 4. The number of rotatable bonds is 4. The Labute approximate surface area is 185 Å². The normalized spacial score (nSPS) is 13.6. The van der Waals surface area contributed by atoms with Gasteiger partial charge < -0.3 is 0 Å². The summed E-state index contributed by atoms with van der Waals surface area (Å²) in [4.78, 5) is 0. The van der Waals surface area contributed by atoms with E-state index >= 15 is 0 Å². The van der Waals surface area contributed by atoms with E-state index in [1.807, 2.05) is 0 Å². The van der Waals surface area contributed by atoms with Crippen LogP contribution in [0.25, 0.3) is 11.6 Å². The zero-order valence-corrected chi connectivity index (χ0v) is 17.9. The van der Waals surface area contributed by atoms with Gasteiger partial charge >= 0.3 is 0 Å². The highest BCUT2D eigenvalue weighted by Crippen LogP contribution is 2.29. The lowest BCUT2D eigenvalue weighted by atomic mass is 9.87. The minimum atomic E-state index is 0.944. The molecule has 0 N–H and O–H groups in total. The summed E-state index contributed by atoms with van der Waals surface area (Å²) in [6, 6.07) is 38.0. The standard InChI is InChI=1S/C31H28/c1-3-7-26(8-4-1)21-30(22-27-9-5-2-6-10-27)31-23-28-16-15-24-11-13-25(14-12-24)17-19-29(31)20-18-28/h1-14,18,20-21,23H,15-17,19,22H2/b30-21-. The number of hydrogen-bond acceptors (Lipinski definition) is 0. The van der Waals surface area contributed by atoms with E-state index in [-0.39, 0.29) is 0 Å². The van der Waals surface area contributed by atoms with Gasteiger partial charge in [0.15, 0.2) is 0 Å². The molecule has 0 amide bonds. The summed E-state index contributed by atoms with van der Waals surface area (Å²) in [5.41, 5.74) is 11.2. The monoisotopic (exact) mass is 400 g/mol. The maximum Gasteiger partial charge on any atom is -0.00195 e. The molecular formula is C31H28. The van der Waals surface area contributed by atoms with Crippen LogP contribution >= 0.6 is 0 Å². The van der Waals surface area contributed by atoms with Gasteiger partial charge in [0, 0.05) is 0 Å². The molecule has 0 heterocycles. The van der Waals surface area contributed by atoms with Crippen molar-refractivity contribution in [2.75, 3.05) is 0 Å². The number of hydrogen-bond donors (Lipinski definition) is 0. The summed E-state index contributed by atoms with van der Waals surface area (Å²) in [5, 5.41) is 0. The second kappa shape index (κ2) is 9.18. The molecule has 0 aliphatic heterocycles. The van der Waals surface area contributed by atoms with Crippen LogP contribution in [0.1, 0.15) is 38.9 Å². The van der Waals surface area contributed by atoms with Crippen LogP contribution in [0, 0.1) is 0 Å². The SMILES string of the molecule is C(=C(\Cc1ccccc1)c1cc2ccc1CCc1ccc(cc1)CC2)/c1ccccc1. The van der Waals surface area contributed by atoms with E-state index in [0.29, 0.717) is 0 Å². The van der Waals surface area contributed by atoms with Gasteiger partial charge in [0.2, 0.25) is 0 Å². The molecule has 0 radical (unpaired) electrons. The van der Waals surface area contributed by atoms with Gasteiger partial charge in [0.25, 0.3) is 0 Å². The predicted molar refractivity (Wildman–Crippen MR) is 132 cm³/mol. The molecule has 4 aliphatic rings. The van der Waals surface area contributed by atoms with E-state index in [1.54, 1.807) is 0 Å². The molecule has 8 rings (SSSR count). The van der Waals surface area contributed by atoms with E-state index in [9.17, 15) is 0 Å². The van der Waals surface area contributed by atoms with Crippen LogP contribution < -0.4 is 0 Å². The minimum Gasteiger partial charge on any atom is -0.0622 e. The first-order chi connectivity index (χ1) is 15.3. The Balaban J connectivity index is 1.59. The molecule has 0 heteroatoms. The van der Waals surface area contributed by atoms with E-state index < -0.39 is 0 Å². The van der Waals surface area contributed by atoms with E-state index in [1.165, 1.54) is 44.5 Å². The smallest absolute Gasteiger partial charge is 0.00195 e. The molecule has 4 aromatic carbocycles. The average Bonchev–Trinajstić information content (AvgIpc) is 2.82. The van der Waals surface area contributed by atoms with Crippen LogP contribution in [0.15, 0.2) is 103 Å². The lowest BCUT2D eigenvalue weighted by Crippen LogP contribution is -2.03. The van der Waals surface area contributed by atoms with Crippen LogP contribution in [0.5, 0.6) is 0 Å². The molecule has 4 aliphatic carbocycles. The van der Waals surface area contributed by atoms with Gasteiger partial charge in [-0.25, -0.2) is 0 Å². The molecule has 152 valence electrons. The Kier molecular flexibility index (Phi) is 5.80. The Morgan fingerprint density at radius 1 is 0.581 bits per heavy atom. The molecule has 0 unspecified atom stereocenters. The highest BCUT2D eigenvalue weighted by Gasteiger charge is 2.12. The van der Waals surface area contributed by atoms with Crippen molar-refractivity contribution in [2.24, 2.45) is 0 Å². The van der Waals surface area contributed by atoms with Crippen molar-refractivity contribution in [3.05, 3.63) is 142 Å². The Hall–Kier alpha value is -3.38. The van der Waals surface area contributed by atoms with Gasteiger partial charge in [-0.15, -0.1) is 0 Å². The summed E-state index contributed by atoms with van der Waals surface area (Å²) < 4.78 is 0. The van der Waals surface area contributed by atoms with Crippen LogP contribution in [0.3, 0.4) is 0 Å². The van der Waals surface area contributed by atoms with Crippen LogP contribution in [-0.4, -0.2) is 0 Å². The largest absolute Gasteiger partial charge is 0.0622 e. The van der Waals surface area contributed by atoms with Crippen molar-refractivity contribution in [1.82, 2.24) is 0 Å². The first kappa shape index (κ1) is 19.6. The van der Waals surface area contributed by atoms with Gasteiger partial charge in [-0.1, -0.05) is 109 Å². The minimum absolute atomic E-state index is 0.944. The molecule has 0 nitrogen and oxygen atoms in total. The molecule has 0 spiro atoms. The van der Waals surface area contributed by atoms with Gasteiger partial charge in [-0.3, -0.25) is 0 Å². The van der Waals surface area contributed by atoms with Crippen LogP contribution in [-0.2, 0) is 32.1 Å². The van der Waals surface area contributed by atoms with Gasteiger partial charge in [0.1, 0.15) is 0 Å². The van der Waals surface area contributed by atoms with Crippen molar-refractivity contribution < 1.29 is 0 Å². The Bertz CT molecular complexity index is 1170. The summed E-state index contributed by atoms with van der Waals surface area (Å²) in [7, 11) is 0. The van der Waals surface area contributed by atoms with E-state index in [2.05, 4.69) is 109 Å². The third-order valence-electron chi connectivity index (χ3n) is 6.31. The molecule has 0 saturated carbocycles. The summed E-state index contributed by atoms with van der Waals surface area (Å²) in [6.07, 6.45) is 7.65. The first-order valence-electron chi connectivity index (χ1n) is 11.3. The highest BCUT2D eigenvalue weighted by molar-refractivity contribution is 5.84. The van der Waals surface area contributed by atoms with Crippen molar-refractivity contribution >= 4 is 11.6 Å². The topological polar surface area (TPSA) is 0 Å². The maximum absolute atomic E-state index is 2.46. The van der Waals surface area contributed by atoms with Crippen molar-refractivity contribution in [3.8, 4) is 0 Å². The third kappa shape index (κ3) is 4.86. The van der Waals surface area contributed by atoms with Crippen LogP contribution in [0.4, 0.5) is 0 Å². The van der Waals surface area contributed by atoms with Crippen molar-refractivity contribution in [3.63, 3.8) is 0 Å². The van der Waals surface area contributed by atoms with Gasteiger partial charge in [-0.05, 0) is 76.6 Å². The number of allylic oxidation sites excluding steroid dienone is 1. The third-order valence-corrected chi connectivity index (χ3v) is 6.31. The molecule has 0 fully saturated rings. The zero-order valence-electron chi connectivity index (χ0n) is 17.9. The van der Waals surface area contributed by atoms with Crippen LogP contribution in [0.2, 0.25) is 0 Å². The summed E-state index contributed by atoms with van der Waals surface area (Å²) in [5.74, 6) is 0. The molecule has 0 saturated heterocycles. The molecule has 0 atom stereocenters. The van der Waals surface area contributed by atoms with E-state index in [4.69, 9.17) is 0 Å². The zero-order chi connectivity index (χ0) is 20.9. The Morgan fingerprint density at radius 2 is 1.16 bits per heavy atom. The van der Waals surface area contributed by atoms with Crippen molar-refractivity contribution in [2.45, 2.75) is 32.1 Å². The molecule has 31 heavy (non-hydrogen) atoms. The fourth-order valence-electron chi connectivity index (χ4n) is 4.53. The molecular weight excluding hydrogens is 372 g/mol. The lowest BCUT2D eigenvalue weighted by Gasteiger charge is -2.17. The second-order valence-corrected chi connectivity index (χ2v) is 8.55. The second-order valence-electron chi connectivity index (χ2n) is 8.55. The van der Waals surface area contributed by atoms with Crippen molar-refractivity contribution in [1.29, 1.82) is 0 Å². The summed E-state index contributed by atoms with van der Waals surface area (Å²) >= 11 is 0. The lowest BCUT2D eigenvalue weighted by molar-refractivity contribution is 0.917. The van der Waals surface area contributed by atoms with Gasteiger partial charge in [-0.2, -0.15) is 0 Å². The molecule has 4 bridgehead atoms. The highest BCUT2D eigenvalue weighted by atomic mass is 14.2. The predicted octanol–water partition coefficient (Wildman–Crippen LogP) is 7.35. The quantitative estimate of drug-likeness (QED) is 0.314. The number of benzene rings is 4. The maximum atomic E-state index is 2.46. The van der Waals surface area contributed by atoms with Gasteiger partial charge in [0.05, 0.1) is 0 Å². The molecule has 4 aromatic rings. The average molecular weight is 401 g/mol. The first-order valence-corrected chi connectivity index (χ1v) is 11.3. The summed E-state index contributed by atoms with van der Waals surface area (Å²) in [6.45, 7) is 0. The Morgan fingerprint density at radius 3 is 1.87 bits per heavy atom. The van der Waals surface area contributed by atoms with E-state index in [0.717, 1.165) is 32.1 Å².